The number of methoxy groups -OCH3 is 8. The van der Waals surface area contributed by atoms with E-state index in [0.717, 1.165) is 22.3 Å². The summed E-state index contributed by atoms with van der Waals surface area (Å²) >= 11 is 0. The van der Waals surface area contributed by atoms with E-state index in [-0.39, 0.29) is 81.4 Å². The van der Waals surface area contributed by atoms with Crippen molar-refractivity contribution < 1.29 is 78.8 Å². The van der Waals surface area contributed by atoms with Gasteiger partial charge in [0.2, 0.25) is 22.4 Å². The SMILES string of the molecule is C.COc1cc2c(c(OC)c1OC)-c1ccc(OC)c(=O)cc1C(=O)CC2.COc1cc2c(c(OC)c1OC)-c1ccc(OC)c(=O)cc1C(O)CC2.[B].[H-].[Na+]. The number of aliphatic hydroxyl groups excluding tert-OH is 1. The van der Waals surface area contributed by atoms with Gasteiger partial charge in [-0.1, -0.05) is 13.5 Å². The molecule has 287 valence electrons. The average molecular weight is 766 g/mol. The van der Waals surface area contributed by atoms with Crippen LogP contribution in [0.5, 0.6) is 46.0 Å². The Balaban J connectivity index is 0.000000523. The molecule has 0 aromatic heterocycles. The van der Waals surface area contributed by atoms with Crippen LogP contribution in [0.1, 0.15) is 54.8 Å². The zero-order valence-electron chi connectivity index (χ0n) is 33.0. The molecule has 1 N–H and O–H groups in total. The Kier molecular flexibility index (Phi) is 17.1. The number of ether oxygens (including phenoxy) is 8. The van der Waals surface area contributed by atoms with Gasteiger partial charge in [0.05, 0.1) is 63.0 Å². The number of Topliss-reactive ketones (excluding diaryl/α,β-unsaturated/α-hetero) is 1. The summed E-state index contributed by atoms with van der Waals surface area (Å²) in [5.74, 6) is 3.26. The van der Waals surface area contributed by atoms with Crippen molar-refractivity contribution >= 4 is 14.2 Å². The summed E-state index contributed by atoms with van der Waals surface area (Å²) in [5.41, 5.74) is 4.95. The molecule has 12 nitrogen and oxygen atoms in total. The first kappa shape index (κ1) is 46.5. The largest absolute Gasteiger partial charge is 1.00 e. The molecule has 2 aliphatic carbocycles. The van der Waals surface area contributed by atoms with Crippen LogP contribution < -0.4 is 78.3 Å². The topological polar surface area (TPSA) is 145 Å². The smallest absolute Gasteiger partial charge is 1.00 e. The van der Waals surface area contributed by atoms with Crippen LogP contribution in [0.2, 0.25) is 0 Å². The van der Waals surface area contributed by atoms with Crippen molar-refractivity contribution in [3.63, 3.8) is 0 Å². The maximum atomic E-state index is 12.7. The molecule has 0 saturated carbocycles. The van der Waals surface area contributed by atoms with Crippen molar-refractivity contribution in [1.29, 1.82) is 0 Å². The van der Waals surface area contributed by atoms with Crippen molar-refractivity contribution in [2.24, 2.45) is 0 Å². The number of hydrogen-bond donors (Lipinski definition) is 1. The second-order valence-electron chi connectivity index (χ2n) is 11.9. The van der Waals surface area contributed by atoms with Gasteiger partial charge >= 0.3 is 29.6 Å². The van der Waals surface area contributed by atoms with Gasteiger partial charge in [0, 0.05) is 37.6 Å². The van der Waals surface area contributed by atoms with Gasteiger partial charge in [-0.15, -0.1) is 0 Å². The first-order valence-electron chi connectivity index (χ1n) is 16.4. The number of aliphatic hydroxyl groups is 1. The second kappa shape index (κ2) is 20.3. The fraction of sp³-hybridized carbons (Fsp3) is 0.341. The van der Waals surface area contributed by atoms with Crippen LogP contribution in [0.4, 0.5) is 0 Å². The van der Waals surface area contributed by atoms with Gasteiger partial charge in [-0.2, -0.15) is 0 Å². The Labute approximate surface area is 347 Å². The minimum Gasteiger partial charge on any atom is -1.00 e. The third-order valence-electron chi connectivity index (χ3n) is 9.22. The summed E-state index contributed by atoms with van der Waals surface area (Å²) in [7, 11) is 12.1. The molecule has 6 rings (SSSR count). The number of ketones is 1. The number of hydrogen-bond acceptors (Lipinski definition) is 12. The zero-order chi connectivity index (χ0) is 37.7. The zero-order valence-corrected chi connectivity index (χ0v) is 34.0. The summed E-state index contributed by atoms with van der Waals surface area (Å²) in [6.07, 6.45) is 1.10. The summed E-state index contributed by atoms with van der Waals surface area (Å²) in [6.45, 7) is 0. The number of aryl methyl sites for hydroxylation is 2. The van der Waals surface area contributed by atoms with Gasteiger partial charge in [-0.25, -0.2) is 0 Å². The maximum absolute atomic E-state index is 12.7. The van der Waals surface area contributed by atoms with Crippen LogP contribution in [0, 0.1) is 0 Å². The van der Waals surface area contributed by atoms with Crippen LogP contribution in [0.3, 0.4) is 0 Å². The van der Waals surface area contributed by atoms with E-state index in [2.05, 4.69) is 0 Å². The summed E-state index contributed by atoms with van der Waals surface area (Å²) < 4.78 is 43.4. The van der Waals surface area contributed by atoms with E-state index in [4.69, 9.17) is 37.9 Å². The Bertz CT molecular complexity index is 2150. The van der Waals surface area contributed by atoms with Gasteiger partial charge in [0.15, 0.2) is 40.3 Å². The molecular weight excluding hydrogens is 718 g/mol. The predicted octanol–water partition coefficient (Wildman–Crippen LogP) is 2.98. The second-order valence-corrected chi connectivity index (χ2v) is 11.9. The van der Waals surface area contributed by atoms with E-state index in [9.17, 15) is 19.5 Å². The van der Waals surface area contributed by atoms with Crippen LogP contribution in [0.15, 0.2) is 58.1 Å². The van der Waals surface area contributed by atoms with Gasteiger partial charge < -0.3 is 44.4 Å². The molecule has 4 aromatic rings. The van der Waals surface area contributed by atoms with Crippen molar-refractivity contribution in [3.8, 4) is 68.2 Å². The van der Waals surface area contributed by atoms with Crippen molar-refractivity contribution in [2.75, 3.05) is 56.9 Å². The molecule has 0 fully saturated rings. The van der Waals surface area contributed by atoms with Crippen LogP contribution in [0.25, 0.3) is 22.3 Å². The Hall–Kier alpha value is -4.69. The molecule has 1 atom stereocenters. The van der Waals surface area contributed by atoms with Crippen molar-refractivity contribution in [3.05, 3.63) is 91.2 Å². The van der Waals surface area contributed by atoms with E-state index in [1.807, 2.05) is 12.1 Å². The average Bonchev–Trinajstić information content (AvgIpc) is 3.55. The number of carbonyl (C=O) groups excluding carboxylic acids is 1. The molecule has 3 radical (unpaired) electrons. The van der Waals surface area contributed by atoms with Crippen LogP contribution >= 0.6 is 0 Å². The molecule has 0 aliphatic heterocycles. The van der Waals surface area contributed by atoms with Crippen LogP contribution in [-0.4, -0.2) is 76.2 Å². The first-order valence-corrected chi connectivity index (χ1v) is 16.4. The summed E-state index contributed by atoms with van der Waals surface area (Å²) in [5, 5.41) is 10.6. The molecule has 0 spiro atoms. The van der Waals surface area contributed by atoms with E-state index in [1.54, 1.807) is 52.7 Å². The predicted molar refractivity (Wildman–Crippen MR) is 208 cm³/mol. The number of carbonyl (C=O) groups is 1. The van der Waals surface area contributed by atoms with Gasteiger partial charge in [-0.05, 0) is 83.5 Å². The number of fused-ring (bicyclic) bond motifs is 6. The standard InChI is InChI=1S/C20H22O6.C20H20O6.CH4.B.Na.H/c2*1-23-16-8-6-12-13(10-15(16)22)14(21)7-5-11-9-17(24-2)19(25-3)20(26-4)18(11)12;;;;/h6,8-10,14,21H,5,7H2,1-4H3;6,8-10H,5,7H2,1-4H3;1H4;;;/q;;;;+1;-1. The van der Waals surface area contributed by atoms with Crippen molar-refractivity contribution in [1.82, 2.24) is 0 Å². The quantitative estimate of drug-likeness (QED) is 0.264. The van der Waals surface area contributed by atoms with E-state index in [1.165, 1.54) is 40.6 Å². The molecule has 1 unspecified atom stereocenters. The summed E-state index contributed by atoms with van der Waals surface area (Å²) in [4.78, 5) is 37.4. The van der Waals surface area contributed by atoms with E-state index >= 15 is 0 Å². The Morgan fingerprint density at radius 2 is 0.964 bits per heavy atom. The molecule has 0 saturated heterocycles. The molecule has 0 heterocycles. The number of rotatable bonds is 8. The van der Waals surface area contributed by atoms with Gasteiger partial charge in [0.1, 0.15) is 0 Å². The molecular formula is C41H47BNaO12. The Morgan fingerprint density at radius 3 is 1.44 bits per heavy atom. The van der Waals surface area contributed by atoms with Gasteiger partial charge in [0.25, 0.3) is 0 Å². The maximum Gasteiger partial charge on any atom is 1.00 e. The molecule has 0 amide bonds. The molecule has 2 aliphatic rings. The van der Waals surface area contributed by atoms with E-state index < -0.39 is 6.10 Å². The Morgan fingerprint density at radius 1 is 0.527 bits per heavy atom. The third-order valence-corrected chi connectivity index (χ3v) is 9.22. The summed E-state index contributed by atoms with van der Waals surface area (Å²) in [6, 6.07) is 13.2. The molecule has 14 heteroatoms. The molecule has 0 bridgehead atoms. The fourth-order valence-corrected chi connectivity index (χ4v) is 6.76. The van der Waals surface area contributed by atoms with Crippen LogP contribution in [-0.2, 0) is 12.8 Å². The minimum absolute atomic E-state index is 0. The minimum atomic E-state index is -0.774. The monoisotopic (exact) mass is 765 g/mol. The normalized spacial score (nSPS) is 13.2. The number of benzene rings is 2. The fourth-order valence-electron chi connectivity index (χ4n) is 6.76. The van der Waals surface area contributed by atoms with Gasteiger partial charge in [-0.3, -0.25) is 14.4 Å². The third kappa shape index (κ3) is 8.91. The molecule has 4 aromatic carbocycles. The first-order chi connectivity index (χ1) is 25.1. The van der Waals surface area contributed by atoms with E-state index in [0.29, 0.717) is 76.0 Å². The molecule has 55 heavy (non-hydrogen) atoms. The van der Waals surface area contributed by atoms with Crippen molar-refractivity contribution in [2.45, 2.75) is 39.2 Å².